The SMILES string of the molecule is CC(C)(NNC(=O)c1cnccc1C(F)(F)F)c1ccc(Cl)cc1. The molecular formula is C16H15ClF3N3O. The number of carbonyl (C=O) groups excluding carboxylic acids is 1. The maximum absolute atomic E-state index is 12.9. The van der Waals surface area contributed by atoms with Gasteiger partial charge in [0.25, 0.3) is 5.91 Å². The second-order valence-electron chi connectivity index (χ2n) is 5.63. The number of carbonyl (C=O) groups is 1. The second kappa shape index (κ2) is 6.78. The third kappa shape index (κ3) is 4.24. The van der Waals surface area contributed by atoms with E-state index in [-0.39, 0.29) is 0 Å². The van der Waals surface area contributed by atoms with Crippen LogP contribution in [0.4, 0.5) is 13.2 Å². The number of nitrogens with one attached hydrogen (secondary N) is 2. The summed E-state index contributed by atoms with van der Waals surface area (Å²) >= 11 is 5.83. The topological polar surface area (TPSA) is 54.0 Å². The first-order chi connectivity index (χ1) is 11.1. The van der Waals surface area contributed by atoms with Crippen molar-refractivity contribution in [2.75, 3.05) is 0 Å². The fourth-order valence-corrected chi connectivity index (χ4v) is 2.17. The zero-order valence-corrected chi connectivity index (χ0v) is 13.7. The van der Waals surface area contributed by atoms with Gasteiger partial charge in [0.15, 0.2) is 0 Å². The van der Waals surface area contributed by atoms with Crippen molar-refractivity contribution in [1.82, 2.24) is 15.8 Å². The quantitative estimate of drug-likeness (QED) is 0.815. The molecule has 1 amide bonds. The Hall–Kier alpha value is -2.12. The molecule has 24 heavy (non-hydrogen) atoms. The van der Waals surface area contributed by atoms with Gasteiger partial charge in [-0.1, -0.05) is 23.7 Å². The Labute approximate surface area is 142 Å². The van der Waals surface area contributed by atoms with E-state index in [0.29, 0.717) is 5.02 Å². The average Bonchev–Trinajstić information content (AvgIpc) is 2.52. The molecule has 0 fully saturated rings. The van der Waals surface area contributed by atoms with E-state index >= 15 is 0 Å². The van der Waals surface area contributed by atoms with Crippen molar-refractivity contribution in [3.8, 4) is 0 Å². The van der Waals surface area contributed by atoms with Crippen LogP contribution in [0.1, 0.15) is 35.3 Å². The van der Waals surface area contributed by atoms with Crippen LogP contribution < -0.4 is 10.9 Å². The third-order valence-corrected chi connectivity index (χ3v) is 3.68. The van der Waals surface area contributed by atoms with Crippen molar-refractivity contribution in [2.45, 2.75) is 25.6 Å². The largest absolute Gasteiger partial charge is 0.417 e. The predicted octanol–water partition coefficient (Wildman–Crippen LogP) is 3.92. The number of hydrazine groups is 1. The van der Waals surface area contributed by atoms with Crippen LogP contribution in [-0.2, 0) is 11.7 Å². The Morgan fingerprint density at radius 2 is 1.75 bits per heavy atom. The van der Waals surface area contributed by atoms with Gasteiger partial charge in [0.05, 0.1) is 16.7 Å². The van der Waals surface area contributed by atoms with Crippen LogP contribution >= 0.6 is 11.6 Å². The summed E-state index contributed by atoms with van der Waals surface area (Å²) in [6.45, 7) is 3.54. The van der Waals surface area contributed by atoms with Crippen molar-refractivity contribution in [3.05, 3.63) is 64.4 Å². The number of pyridine rings is 1. The number of rotatable bonds is 4. The first kappa shape index (κ1) is 18.2. The van der Waals surface area contributed by atoms with Crippen molar-refractivity contribution in [1.29, 1.82) is 0 Å². The molecule has 0 aliphatic heterocycles. The van der Waals surface area contributed by atoms with E-state index in [4.69, 9.17) is 11.6 Å². The monoisotopic (exact) mass is 357 g/mol. The lowest BCUT2D eigenvalue weighted by atomic mass is 9.95. The first-order valence-electron chi connectivity index (χ1n) is 6.96. The number of hydrogen-bond acceptors (Lipinski definition) is 3. The Balaban J connectivity index is 2.15. The van der Waals surface area contributed by atoms with Crippen molar-refractivity contribution in [3.63, 3.8) is 0 Å². The molecule has 0 aliphatic rings. The fraction of sp³-hybridized carbons (Fsp3) is 0.250. The van der Waals surface area contributed by atoms with Gasteiger partial charge < -0.3 is 0 Å². The summed E-state index contributed by atoms with van der Waals surface area (Å²) in [5.41, 5.74) is 3.52. The Bertz CT molecular complexity index is 730. The lowest BCUT2D eigenvalue weighted by Gasteiger charge is -2.27. The van der Waals surface area contributed by atoms with Crippen LogP contribution in [0.2, 0.25) is 5.02 Å². The Morgan fingerprint density at radius 1 is 1.12 bits per heavy atom. The van der Waals surface area contributed by atoms with E-state index in [9.17, 15) is 18.0 Å². The molecule has 1 heterocycles. The van der Waals surface area contributed by atoms with Crippen LogP contribution in [0.3, 0.4) is 0 Å². The van der Waals surface area contributed by atoms with Gasteiger partial charge in [-0.2, -0.15) is 13.2 Å². The Morgan fingerprint density at radius 3 is 2.33 bits per heavy atom. The molecule has 0 radical (unpaired) electrons. The van der Waals surface area contributed by atoms with Crippen molar-refractivity contribution < 1.29 is 18.0 Å². The zero-order chi connectivity index (χ0) is 18.0. The van der Waals surface area contributed by atoms with E-state index in [1.54, 1.807) is 38.1 Å². The lowest BCUT2D eigenvalue weighted by molar-refractivity contribution is -0.138. The van der Waals surface area contributed by atoms with Gasteiger partial charge in [-0.05, 0) is 37.6 Å². The van der Waals surface area contributed by atoms with Crippen molar-refractivity contribution in [2.24, 2.45) is 0 Å². The van der Waals surface area contributed by atoms with Gasteiger partial charge in [-0.25, -0.2) is 5.43 Å². The first-order valence-corrected chi connectivity index (χ1v) is 7.34. The smallest absolute Gasteiger partial charge is 0.287 e. The highest BCUT2D eigenvalue weighted by molar-refractivity contribution is 6.30. The number of benzene rings is 1. The standard InChI is InChI=1S/C16H15ClF3N3O/c1-15(2,10-3-5-11(17)6-4-10)23-22-14(24)12-9-21-8-7-13(12)16(18,19)20/h3-9,23H,1-2H3,(H,22,24). The normalized spacial score (nSPS) is 12.1. The van der Waals surface area contributed by atoms with Gasteiger partial charge in [0.1, 0.15) is 0 Å². The molecule has 2 aromatic rings. The molecule has 8 heteroatoms. The Kier molecular flexibility index (Phi) is 5.15. The fourth-order valence-electron chi connectivity index (χ4n) is 2.04. The van der Waals surface area contributed by atoms with Crippen LogP contribution in [-0.4, -0.2) is 10.9 Å². The molecule has 0 atom stereocenters. The maximum Gasteiger partial charge on any atom is 0.417 e. The summed E-state index contributed by atoms with van der Waals surface area (Å²) in [5, 5.41) is 0.559. The number of amides is 1. The molecule has 0 unspecified atom stereocenters. The highest BCUT2D eigenvalue weighted by Crippen LogP contribution is 2.31. The predicted molar refractivity (Wildman–Crippen MR) is 84.3 cm³/mol. The minimum Gasteiger partial charge on any atom is -0.287 e. The maximum atomic E-state index is 12.9. The summed E-state index contributed by atoms with van der Waals surface area (Å²) in [6.07, 6.45) is -2.76. The summed E-state index contributed by atoms with van der Waals surface area (Å²) < 4.78 is 38.8. The van der Waals surface area contributed by atoms with Gasteiger partial charge >= 0.3 is 6.18 Å². The molecule has 2 N–H and O–H groups in total. The average molecular weight is 358 g/mol. The summed E-state index contributed by atoms with van der Waals surface area (Å²) in [7, 11) is 0. The summed E-state index contributed by atoms with van der Waals surface area (Å²) in [6, 6.07) is 7.65. The van der Waals surface area contributed by atoms with Crippen LogP contribution in [0.15, 0.2) is 42.7 Å². The highest BCUT2D eigenvalue weighted by atomic mass is 35.5. The molecule has 0 spiro atoms. The molecule has 4 nitrogen and oxygen atoms in total. The minimum absolute atomic E-state index is 0.551. The molecule has 128 valence electrons. The molecule has 0 saturated heterocycles. The van der Waals surface area contributed by atoms with Gasteiger partial charge in [0, 0.05) is 17.4 Å². The molecule has 1 aromatic carbocycles. The van der Waals surface area contributed by atoms with E-state index in [1.165, 1.54) is 0 Å². The minimum atomic E-state index is -4.64. The van der Waals surface area contributed by atoms with Crippen LogP contribution in [0.25, 0.3) is 0 Å². The summed E-state index contributed by atoms with van der Waals surface area (Å²) in [5.74, 6) is -0.919. The van der Waals surface area contributed by atoms with E-state index in [0.717, 1.165) is 24.0 Å². The third-order valence-electron chi connectivity index (χ3n) is 3.43. The molecule has 0 bridgehead atoms. The molecular weight excluding hydrogens is 343 g/mol. The summed E-state index contributed by atoms with van der Waals surface area (Å²) in [4.78, 5) is 15.7. The molecule has 1 aromatic heterocycles. The van der Waals surface area contributed by atoms with Gasteiger partial charge in [-0.15, -0.1) is 0 Å². The van der Waals surface area contributed by atoms with Crippen molar-refractivity contribution >= 4 is 17.5 Å². The molecule has 0 aliphatic carbocycles. The van der Waals surface area contributed by atoms with Gasteiger partial charge in [-0.3, -0.25) is 15.2 Å². The molecule has 2 rings (SSSR count). The van der Waals surface area contributed by atoms with E-state index < -0.39 is 28.7 Å². The van der Waals surface area contributed by atoms with Gasteiger partial charge in [0.2, 0.25) is 0 Å². The highest BCUT2D eigenvalue weighted by Gasteiger charge is 2.35. The second-order valence-corrected chi connectivity index (χ2v) is 6.07. The molecule has 0 saturated carbocycles. The van der Waals surface area contributed by atoms with E-state index in [2.05, 4.69) is 15.8 Å². The number of hydrogen-bond donors (Lipinski definition) is 2. The van der Waals surface area contributed by atoms with Crippen LogP contribution in [0.5, 0.6) is 0 Å². The number of nitrogens with zero attached hydrogens (tertiary/aromatic N) is 1. The van der Waals surface area contributed by atoms with Crippen LogP contribution in [0, 0.1) is 0 Å². The van der Waals surface area contributed by atoms with E-state index in [1.807, 2.05) is 0 Å². The number of alkyl halides is 3. The lowest BCUT2D eigenvalue weighted by Crippen LogP contribution is -2.49. The number of halogens is 4. The zero-order valence-electron chi connectivity index (χ0n) is 12.9. The number of aromatic nitrogens is 1.